The van der Waals surface area contributed by atoms with Gasteiger partial charge >= 0.3 is 12.2 Å². The molecule has 3 aliphatic rings. The molecule has 0 aromatic heterocycles. The number of amides is 4. The van der Waals surface area contributed by atoms with Crippen LogP contribution in [-0.2, 0) is 40.0 Å². The normalized spacial score (nSPS) is 22.6. The number of carbonyl (C=O) groups is 4. The van der Waals surface area contributed by atoms with Crippen LogP contribution < -0.4 is 21.3 Å². The van der Waals surface area contributed by atoms with E-state index in [0.29, 0.717) is 12.8 Å². The van der Waals surface area contributed by atoms with Crippen LogP contribution in [0.15, 0.2) is 115 Å². The third kappa shape index (κ3) is 17.4. The van der Waals surface area contributed by atoms with Crippen LogP contribution in [0, 0.1) is 0 Å². The molecule has 0 radical (unpaired) electrons. The van der Waals surface area contributed by atoms with Gasteiger partial charge in [-0.2, -0.15) is 0 Å². The molecule has 0 bridgehead atoms. The Morgan fingerprint density at radius 3 is 1.52 bits per heavy atom. The lowest BCUT2D eigenvalue weighted by atomic mass is 9.74. The first kappa shape index (κ1) is 54.9. The molecule has 7 rings (SSSR count). The minimum Gasteiger partial charge on any atom is -0.465 e. The third-order valence-corrected chi connectivity index (χ3v) is 15.0. The average molecular weight is 992 g/mol. The standard InChI is InChI=1S/C29H40ClN3O3.C29H39N3O3/c1-28(2,3)36-27(35)32-25(19-21-9-7-6-8-10-21)26(34)31-24-15-17-29(18-16-24,33(4)5)20-22-11-13-23(30)14-12-22;33-27(26(31-28(34)35)21-23-11-5-3-6-12-23)30-25-15-17-29(18-16-25,22-24-13-7-4-8-14-24)32-19-9-1-2-10-20-32/h6-14,24-25H,15-20H2,1-5H3,(H,31,34)(H,32,35);3-8,11-14,25-26,31H,1-2,9-10,15-22H2,(H,30,33)(H,34,35). The number of nitrogens with zero attached hydrogens (tertiary/aromatic N) is 2. The summed E-state index contributed by atoms with van der Waals surface area (Å²) >= 11 is 6.07. The molecule has 0 spiro atoms. The van der Waals surface area contributed by atoms with Crippen molar-refractivity contribution in [2.45, 2.75) is 164 Å². The van der Waals surface area contributed by atoms with E-state index >= 15 is 0 Å². The third-order valence-electron chi connectivity index (χ3n) is 14.8. The number of hydrogen-bond donors (Lipinski definition) is 5. The number of ether oxygens (including phenoxy) is 1. The number of carbonyl (C=O) groups excluding carboxylic acids is 3. The molecular weight excluding hydrogens is 912 g/mol. The van der Waals surface area contributed by atoms with E-state index in [0.717, 1.165) is 93.4 Å². The van der Waals surface area contributed by atoms with Gasteiger partial charge in [-0.05, 0) is 159 Å². The molecule has 2 saturated carbocycles. The maximum atomic E-state index is 13.3. The predicted octanol–water partition coefficient (Wildman–Crippen LogP) is 10.2. The number of likely N-dealkylation sites (tertiary alicyclic amines) is 1. The number of halogens is 1. The second-order valence-corrected chi connectivity index (χ2v) is 21.8. The molecule has 384 valence electrons. The summed E-state index contributed by atoms with van der Waals surface area (Å²) in [6.45, 7) is 7.74. The minimum absolute atomic E-state index is 0.0350. The topological polar surface area (TPSA) is 152 Å². The molecule has 5 N–H and O–H groups in total. The number of hydrogen-bond acceptors (Lipinski definition) is 7. The Balaban J connectivity index is 0.000000232. The van der Waals surface area contributed by atoms with Gasteiger partial charge in [-0.1, -0.05) is 128 Å². The van der Waals surface area contributed by atoms with E-state index < -0.39 is 29.9 Å². The SMILES string of the molecule is CN(C)C1(Cc2ccc(Cl)cc2)CCC(NC(=O)C(Cc2ccccc2)NC(=O)OC(C)(C)C)CC1.O=C(O)NC(Cc1ccccc1)C(=O)NC1CCC(Cc2ccccc2)(N2CCCCCC2)CC1. The fourth-order valence-electron chi connectivity index (χ4n) is 10.8. The lowest BCUT2D eigenvalue weighted by Crippen LogP contribution is -2.56. The number of benzene rings is 4. The Bertz CT molecular complexity index is 2250. The first-order valence-electron chi connectivity index (χ1n) is 25.9. The van der Waals surface area contributed by atoms with E-state index in [1.165, 1.54) is 36.8 Å². The van der Waals surface area contributed by atoms with Crippen LogP contribution in [0.25, 0.3) is 0 Å². The zero-order valence-corrected chi connectivity index (χ0v) is 43.5. The highest BCUT2D eigenvalue weighted by molar-refractivity contribution is 6.30. The Hall–Kier alpha value is -5.43. The van der Waals surface area contributed by atoms with Crippen LogP contribution in [0.2, 0.25) is 5.02 Å². The number of alkyl carbamates (subject to hydrolysis) is 1. The molecule has 71 heavy (non-hydrogen) atoms. The van der Waals surface area contributed by atoms with Crippen molar-refractivity contribution in [1.82, 2.24) is 31.1 Å². The quantitative estimate of drug-likeness (QED) is 0.0744. The smallest absolute Gasteiger partial charge is 0.408 e. The van der Waals surface area contributed by atoms with E-state index in [4.69, 9.17) is 16.3 Å². The zero-order valence-electron chi connectivity index (χ0n) is 42.8. The molecule has 2 unspecified atom stereocenters. The van der Waals surface area contributed by atoms with Crippen LogP contribution in [0.4, 0.5) is 9.59 Å². The molecule has 2 aliphatic carbocycles. The molecule has 2 atom stereocenters. The number of rotatable bonds is 16. The van der Waals surface area contributed by atoms with Gasteiger partial charge in [0.25, 0.3) is 0 Å². The molecule has 1 heterocycles. The van der Waals surface area contributed by atoms with E-state index in [9.17, 15) is 24.3 Å². The monoisotopic (exact) mass is 991 g/mol. The summed E-state index contributed by atoms with van der Waals surface area (Å²) in [6.07, 6.45) is 13.7. The Morgan fingerprint density at radius 2 is 1.07 bits per heavy atom. The zero-order chi connectivity index (χ0) is 50.9. The summed E-state index contributed by atoms with van der Waals surface area (Å²) in [6, 6.07) is 36.8. The van der Waals surface area contributed by atoms with Crippen LogP contribution in [0.5, 0.6) is 0 Å². The number of nitrogens with one attached hydrogen (secondary N) is 4. The van der Waals surface area contributed by atoms with Gasteiger partial charge in [0.1, 0.15) is 17.7 Å². The Labute approximate surface area is 428 Å². The Morgan fingerprint density at radius 1 is 0.634 bits per heavy atom. The summed E-state index contributed by atoms with van der Waals surface area (Å²) in [4.78, 5) is 55.3. The van der Waals surface area contributed by atoms with Gasteiger partial charge in [0.15, 0.2) is 0 Å². The van der Waals surface area contributed by atoms with Crippen LogP contribution in [-0.4, -0.2) is 107 Å². The van der Waals surface area contributed by atoms with E-state index in [1.807, 2.05) is 93.6 Å². The van der Waals surface area contributed by atoms with Gasteiger partial charge in [0.2, 0.25) is 11.8 Å². The lowest BCUT2D eigenvalue weighted by molar-refractivity contribution is -0.125. The molecule has 1 saturated heterocycles. The highest BCUT2D eigenvalue weighted by atomic mass is 35.5. The van der Waals surface area contributed by atoms with Gasteiger partial charge < -0.3 is 36.0 Å². The van der Waals surface area contributed by atoms with Crippen molar-refractivity contribution in [2.75, 3.05) is 27.2 Å². The summed E-state index contributed by atoms with van der Waals surface area (Å²) < 4.78 is 5.42. The molecule has 4 aromatic carbocycles. The fourth-order valence-corrected chi connectivity index (χ4v) is 10.9. The van der Waals surface area contributed by atoms with Crippen LogP contribution >= 0.6 is 11.6 Å². The van der Waals surface area contributed by atoms with Crippen molar-refractivity contribution >= 4 is 35.6 Å². The predicted molar refractivity (Wildman–Crippen MR) is 284 cm³/mol. The summed E-state index contributed by atoms with van der Waals surface area (Å²) in [5.41, 5.74) is 4.09. The van der Waals surface area contributed by atoms with Gasteiger partial charge in [-0.15, -0.1) is 0 Å². The second kappa shape index (κ2) is 26.3. The fraction of sp³-hybridized carbons (Fsp3) is 0.517. The molecule has 3 fully saturated rings. The summed E-state index contributed by atoms with van der Waals surface area (Å²) in [5, 5.41) is 21.6. The van der Waals surface area contributed by atoms with E-state index in [-0.39, 0.29) is 35.0 Å². The van der Waals surface area contributed by atoms with Gasteiger partial charge in [-0.25, -0.2) is 9.59 Å². The van der Waals surface area contributed by atoms with Crippen LogP contribution in [0.3, 0.4) is 0 Å². The number of carboxylic acid groups (broad SMARTS) is 1. The van der Waals surface area contributed by atoms with Crippen molar-refractivity contribution in [3.63, 3.8) is 0 Å². The Kier molecular flexibility index (Phi) is 20.3. The molecular formula is C58H79ClN6O6. The summed E-state index contributed by atoms with van der Waals surface area (Å²) in [7, 11) is 4.27. The van der Waals surface area contributed by atoms with Crippen molar-refractivity contribution in [1.29, 1.82) is 0 Å². The van der Waals surface area contributed by atoms with Crippen molar-refractivity contribution in [2.24, 2.45) is 0 Å². The van der Waals surface area contributed by atoms with Gasteiger partial charge in [-0.3, -0.25) is 14.5 Å². The summed E-state index contributed by atoms with van der Waals surface area (Å²) in [5.74, 6) is -0.406. The van der Waals surface area contributed by atoms with E-state index in [1.54, 1.807) is 0 Å². The van der Waals surface area contributed by atoms with Crippen LogP contribution in [0.1, 0.15) is 120 Å². The minimum atomic E-state index is -1.17. The van der Waals surface area contributed by atoms with Crippen molar-refractivity contribution < 1.29 is 29.0 Å². The van der Waals surface area contributed by atoms with E-state index in [2.05, 4.69) is 87.6 Å². The first-order valence-corrected chi connectivity index (χ1v) is 26.3. The van der Waals surface area contributed by atoms with Crippen molar-refractivity contribution in [3.05, 3.63) is 143 Å². The molecule has 1 aliphatic heterocycles. The van der Waals surface area contributed by atoms with Gasteiger partial charge in [0.05, 0.1) is 0 Å². The first-order chi connectivity index (χ1) is 34.0. The maximum Gasteiger partial charge on any atom is 0.408 e. The van der Waals surface area contributed by atoms with Crippen molar-refractivity contribution in [3.8, 4) is 0 Å². The highest BCUT2D eigenvalue weighted by Gasteiger charge is 2.42. The lowest BCUT2D eigenvalue weighted by Gasteiger charge is -2.48. The second-order valence-electron chi connectivity index (χ2n) is 21.4. The van der Waals surface area contributed by atoms with Gasteiger partial charge in [0, 0.05) is 41.0 Å². The maximum absolute atomic E-state index is 13.3. The molecule has 12 nitrogen and oxygen atoms in total. The molecule has 4 amide bonds. The highest BCUT2D eigenvalue weighted by Crippen LogP contribution is 2.39. The molecule has 13 heteroatoms. The largest absolute Gasteiger partial charge is 0.465 e. The average Bonchev–Trinajstić information content (AvgIpc) is 3.64. The number of likely N-dealkylation sites (N-methyl/N-ethyl adjacent to an activating group) is 1. The molecule has 4 aromatic rings.